The van der Waals surface area contributed by atoms with Crippen molar-refractivity contribution in [2.24, 2.45) is 0 Å². The van der Waals surface area contributed by atoms with E-state index in [1.807, 2.05) is 0 Å². The summed E-state index contributed by atoms with van der Waals surface area (Å²) >= 11 is 11.5. The van der Waals surface area contributed by atoms with Crippen LogP contribution in [0, 0.1) is 21.4 Å². The molecule has 0 unspecified atom stereocenters. The molecule has 0 amide bonds. The van der Waals surface area contributed by atoms with Crippen LogP contribution in [0.15, 0.2) is 18.5 Å². The van der Waals surface area contributed by atoms with Gasteiger partial charge in [0.05, 0.1) is 15.0 Å². The lowest BCUT2D eigenvalue weighted by Crippen LogP contribution is -2.01. The zero-order valence-electron chi connectivity index (χ0n) is 8.54. The third kappa shape index (κ3) is 2.11. The first kappa shape index (κ1) is 12.3. The molecule has 2 aromatic rings. The molecule has 7 nitrogen and oxygen atoms in total. The van der Waals surface area contributed by atoms with E-state index in [-0.39, 0.29) is 27.2 Å². The van der Waals surface area contributed by atoms with Crippen molar-refractivity contribution < 1.29 is 4.92 Å². The Kier molecular flexibility index (Phi) is 3.14. The van der Waals surface area contributed by atoms with Crippen molar-refractivity contribution in [2.75, 3.05) is 0 Å². The first-order chi connectivity index (χ1) is 8.52. The van der Waals surface area contributed by atoms with E-state index < -0.39 is 4.92 Å². The van der Waals surface area contributed by atoms with Gasteiger partial charge < -0.3 is 0 Å². The van der Waals surface area contributed by atoms with Crippen LogP contribution in [0.3, 0.4) is 0 Å². The summed E-state index contributed by atoms with van der Waals surface area (Å²) in [5.74, 6) is -0.102. The van der Waals surface area contributed by atoms with E-state index in [4.69, 9.17) is 28.5 Å². The number of nitro groups is 1. The summed E-state index contributed by atoms with van der Waals surface area (Å²) in [4.78, 5) is 13.9. The predicted molar refractivity (Wildman–Crippen MR) is 62.7 cm³/mol. The molecule has 1 aromatic heterocycles. The molecule has 18 heavy (non-hydrogen) atoms. The molecule has 0 aliphatic heterocycles. The van der Waals surface area contributed by atoms with Gasteiger partial charge in [0.2, 0.25) is 0 Å². The highest BCUT2D eigenvalue weighted by Gasteiger charge is 2.19. The van der Waals surface area contributed by atoms with Crippen LogP contribution in [0.2, 0.25) is 10.0 Å². The quantitative estimate of drug-likeness (QED) is 0.622. The highest BCUT2D eigenvalue weighted by Crippen LogP contribution is 2.32. The van der Waals surface area contributed by atoms with Gasteiger partial charge in [0.1, 0.15) is 18.1 Å². The van der Waals surface area contributed by atoms with E-state index >= 15 is 0 Å². The Balaban J connectivity index is 2.66. The van der Waals surface area contributed by atoms with Crippen LogP contribution >= 0.6 is 23.2 Å². The first-order valence-electron chi connectivity index (χ1n) is 4.48. The van der Waals surface area contributed by atoms with E-state index in [1.165, 1.54) is 12.4 Å². The zero-order chi connectivity index (χ0) is 13.3. The fraction of sp³-hybridized carbons (Fsp3) is 0. The van der Waals surface area contributed by atoms with Gasteiger partial charge in [-0.2, -0.15) is 5.26 Å². The lowest BCUT2D eigenvalue weighted by atomic mass is 10.2. The van der Waals surface area contributed by atoms with E-state index in [0.29, 0.717) is 0 Å². The average molecular weight is 284 g/mol. The molecule has 0 bridgehead atoms. The number of nitro benzene ring substituents is 1. The van der Waals surface area contributed by atoms with Crippen LogP contribution in [0.4, 0.5) is 5.69 Å². The topological polar surface area (TPSA) is 97.6 Å². The smallest absolute Gasteiger partial charge is 0.258 e. The van der Waals surface area contributed by atoms with Gasteiger partial charge in [-0.05, 0) is 6.07 Å². The maximum atomic E-state index is 10.9. The molecule has 0 fully saturated rings. The summed E-state index contributed by atoms with van der Waals surface area (Å²) in [6, 6.07) is 4.13. The van der Waals surface area contributed by atoms with E-state index in [0.717, 1.165) is 10.7 Å². The first-order valence-corrected chi connectivity index (χ1v) is 5.24. The maximum Gasteiger partial charge on any atom is 0.296 e. The fourth-order valence-corrected chi connectivity index (χ4v) is 1.60. The lowest BCUT2D eigenvalue weighted by molar-refractivity contribution is -0.384. The van der Waals surface area contributed by atoms with Gasteiger partial charge in [-0.25, -0.2) is 9.67 Å². The van der Waals surface area contributed by atoms with E-state index in [2.05, 4.69) is 10.1 Å². The highest BCUT2D eigenvalue weighted by molar-refractivity contribution is 6.42. The van der Waals surface area contributed by atoms with Gasteiger partial charge in [0.15, 0.2) is 0 Å². The Morgan fingerprint density at radius 2 is 2.06 bits per heavy atom. The van der Waals surface area contributed by atoms with Crippen LogP contribution in [0.1, 0.15) is 5.82 Å². The second-order valence-electron chi connectivity index (χ2n) is 3.14. The van der Waals surface area contributed by atoms with Crippen molar-refractivity contribution in [2.45, 2.75) is 0 Å². The summed E-state index contributed by atoms with van der Waals surface area (Å²) in [6.07, 6.45) is 1.19. The number of nitrogens with zero attached hydrogens (tertiary/aromatic N) is 5. The number of nitriles is 1. The molecule has 0 saturated heterocycles. The number of hydrogen-bond acceptors (Lipinski definition) is 5. The third-order valence-electron chi connectivity index (χ3n) is 2.05. The number of benzene rings is 1. The number of hydrogen-bond donors (Lipinski definition) is 0. The Morgan fingerprint density at radius 1 is 1.39 bits per heavy atom. The minimum atomic E-state index is -0.620. The second kappa shape index (κ2) is 4.60. The van der Waals surface area contributed by atoms with Crippen molar-refractivity contribution in [1.82, 2.24) is 14.8 Å². The summed E-state index contributed by atoms with van der Waals surface area (Å²) in [6.45, 7) is 0. The summed E-state index contributed by atoms with van der Waals surface area (Å²) in [5.41, 5.74) is -0.192. The van der Waals surface area contributed by atoms with Crippen LogP contribution in [-0.2, 0) is 0 Å². The number of halogens is 2. The molecular weight excluding hydrogens is 281 g/mol. The normalized spacial score (nSPS) is 10.1. The van der Waals surface area contributed by atoms with Crippen molar-refractivity contribution in [3.05, 3.63) is 44.4 Å². The minimum absolute atomic E-state index is 0.0627. The van der Waals surface area contributed by atoms with Gasteiger partial charge in [0, 0.05) is 6.07 Å². The largest absolute Gasteiger partial charge is 0.296 e. The monoisotopic (exact) mass is 283 g/mol. The molecule has 2 rings (SSSR count). The molecular formula is C9H3Cl2N5O2. The minimum Gasteiger partial charge on any atom is -0.258 e. The summed E-state index contributed by atoms with van der Waals surface area (Å²) in [7, 11) is 0. The van der Waals surface area contributed by atoms with E-state index in [1.54, 1.807) is 6.07 Å². The number of rotatable bonds is 2. The van der Waals surface area contributed by atoms with Crippen molar-refractivity contribution >= 4 is 28.9 Å². The molecule has 0 N–H and O–H groups in total. The molecule has 1 aromatic carbocycles. The van der Waals surface area contributed by atoms with Crippen LogP contribution < -0.4 is 0 Å². The molecule has 9 heteroatoms. The molecule has 1 heterocycles. The van der Waals surface area contributed by atoms with Crippen molar-refractivity contribution in [1.29, 1.82) is 5.26 Å². The Hall–Kier alpha value is -2.17. The maximum absolute atomic E-state index is 10.9. The Labute approximate surface area is 110 Å². The fourth-order valence-electron chi connectivity index (χ4n) is 1.29. The standard InChI is InChI=1S/C9H3Cl2N5O2/c10-5-1-7(8(16(17)18)2-6(5)11)15-4-13-9(3-12)14-15/h1-2,4H. The van der Waals surface area contributed by atoms with Crippen LogP contribution in [0.5, 0.6) is 0 Å². The van der Waals surface area contributed by atoms with Gasteiger partial charge in [-0.3, -0.25) is 10.1 Å². The Morgan fingerprint density at radius 3 is 2.61 bits per heavy atom. The molecule has 0 spiro atoms. The SMILES string of the molecule is N#Cc1ncn(-c2cc(Cl)c(Cl)cc2[N+](=O)[O-])n1. The molecule has 0 atom stereocenters. The molecule has 0 radical (unpaired) electrons. The van der Waals surface area contributed by atoms with Crippen LogP contribution in [-0.4, -0.2) is 19.7 Å². The highest BCUT2D eigenvalue weighted by atomic mass is 35.5. The molecule has 90 valence electrons. The number of aromatic nitrogens is 3. The van der Waals surface area contributed by atoms with E-state index in [9.17, 15) is 10.1 Å². The molecule has 0 saturated carbocycles. The van der Waals surface area contributed by atoms with Gasteiger partial charge in [-0.1, -0.05) is 23.2 Å². The van der Waals surface area contributed by atoms with Gasteiger partial charge in [0.25, 0.3) is 11.5 Å². The van der Waals surface area contributed by atoms with Gasteiger partial charge in [-0.15, -0.1) is 5.10 Å². The molecule has 0 aliphatic rings. The van der Waals surface area contributed by atoms with Crippen molar-refractivity contribution in [3.63, 3.8) is 0 Å². The van der Waals surface area contributed by atoms with Crippen molar-refractivity contribution in [3.8, 4) is 11.8 Å². The lowest BCUT2D eigenvalue weighted by Gasteiger charge is -2.03. The van der Waals surface area contributed by atoms with Crippen LogP contribution in [0.25, 0.3) is 5.69 Å². The average Bonchev–Trinajstić information content (AvgIpc) is 2.80. The molecule has 0 aliphatic carbocycles. The second-order valence-corrected chi connectivity index (χ2v) is 3.95. The Bertz CT molecular complexity index is 676. The van der Waals surface area contributed by atoms with Gasteiger partial charge >= 0.3 is 0 Å². The summed E-state index contributed by atoms with van der Waals surface area (Å²) in [5, 5.41) is 23.5. The predicted octanol–water partition coefficient (Wildman–Crippen LogP) is 2.35. The summed E-state index contributed by atoms with van der Waals surface area (Å²) < 4.78 is 1.10. The third-order valence-corrected chi connectivity index (χ3v) is 2.77. The zero-order valence-corrected chi connectivity index (χ0v) is 10.1.